The fourth-order valence-corrected chi connectivity index (χ4v) is 8.35. The van der Waals surface area contributed by atoms with Crippen LogP contribution in [0.25, 0.3) is 0 Å². The normalized spacial score (nSPS) is 19.0. The van der Waals surface area contributed by atoms with Crippen LogP contribution in [0.3, 0.4) is 0 Å². The summed E-state index contributed by atoms with van der Waals surface area (Å²) in [6.07, 6.45) is 33.9. The van der Waals surface area contributed by atoms with E-state index in [4.69, 9.17) is 24.3 Å². The maximum absolute atomic E-state index is 12.7. The summed E-state index contributed by atoms with van der Waals surface area (Å²) in [6, 6.07) is 0. The van der Waals surface area contributed by atoms with Crippen molar-refractivity contribution >= 4 is 25.5 Å². The molecule has 0 saturated heterocycles. The average molecular weight is 872 g/mol. The molecular formula is C47H86NO11P. The van der Waals surface area contributed by atoms with Crippen molar-refractivity contribution in [3.63, 3.8) is 0 Å². The van der Waals surface area contributed by atoms with E-state index in [9.17, 15) is 34.1 Å². The molecule has 0 aromatic rings. The summed E-state index contributed by atoms with van der Waals surface area (Å²) in [4.78, 5) is 47.8. The van der Waals surface area contributed by atoms with Gasteiger partial charge in [-0.2, -0.15) is 0 Å². The molecule has 0 heterocycles. The molecule has 1 fully saturated rings. The molecule has 0 amide bonds. The van der Waals surface area contributed by atoms with Crippen LogP contribution in [-0.2, 0) is 37.5 Å². The van der Waals surface area contributed by atoms with Gasteiger partial charge in [0.25, 0.3) is 0 Å². The lowest BCUT2D eigenvalue weighted by atomic mass is 9.88. The van der Waals surface area contributed by atoms with E-state index in [0.717, 1.165) is 51.4 Å². The number of aliphatic hydroxyl groups excluding tert-OH is 2. The first-order chi connectivity index (χ1) is 29.0. The molecule has 13 heteroatoms. The monoisotopic (exact) mass is 872 g/mol. The summed E-state index contributed by atoms with van der Waals surface area (Å²) < 4.78 is 32.8. The number of phosphoric ester groups is 1. The van der Waals surface area contributed by atoms with E-state index in [1.165, 1.54) is 83.5 Å². The topological polar surface area (TPSA) is 192 Å². The lowest BCUT2D eigenvalue weighted by Gasteiger charge is -2.20. The Morgan fingerprint density at radius 2 is 1.28 bits per heavy atom. The van der Waals surface area contributed by atoms with Crippen LogP contribution < -0.4 is 5.73 Å². The summed E-state index contributed by atoms with van der Waals surface area (Å²) in [6.45, 7) is 3.37. The predicted octanol–water partition coefficient (Wildman–Crippen LogP) is 10.5. The minimum Gasteiger partial charge on any atom is -0.462 e. The second-order valence-electron chi connectivity index (χ2n) is 16.8. The minimum absolute atomic E-state index is 0.0152. The van der Waals surface area contributed by atoms with E-state index in [2.05, 4.69) is 26.0 Å². The van der Waals surface area contributed by atoms with Crippen molar-refractivity contribution in [2.75, 3.05) is 26.4 Å². The molecule has 6 atom stereocenters. The lowest BCUT2D eigenvalue weighted by Crippen LogP contribution is -2.29. The molecule has 0 aliphatic heterocycles. The number of carbonyl (C=O) groups is 3. The highest BCUT2D eigenvalue weighted by molar-refractivity contribution is 7.47. The largest absolute Gasteiger partial charge is 0.472 e. The van der Waals surface area contributed by atoms with Crippen LogP contribution >= 0.6 is 7.82 Å². The SMILES string of the molecule is CCCCCCCC/C=C\CCCCCCCCCCCC(=O)OC[C@H](COP(=O)(O)OCCN)OC(=O)CCCCCC[C@H]1C(=O)C[C@@H](O)[C@@H]1/C=C/[C@@H](O)CCCCC. The Hall–Kier alpha value is -1.92. The summed E-state index contributed by atoms with van der Waals surface area (Å²) in [5.41, 5.74) is 5.35. The van der Waals surface area contributed by atoms with Crippen molar-refractivity contribution in [2.45, 2.75) is 218 Å². The maximum Gasteiger partial charge on any atom is 0.472 e. The van der Waals surface area contributed by atoms with Gasteiger partial charge in [0, 0.05) is 37.6 Å². The summed E-state index contributed by atoms with van der Waals surface area (Å²) in [5.74, 6) is -1.53. The van der Waals surface area contributed by atoms with Crippen LogP contribution in [0.1, 0.15) is 200 Å². The third-order valence-corrected chi connectivity index (χ3v) is 12.2. The van der Waals surface area contributed by atoms with Gasteiger partial charge in [-0.3, -0.25) is 23.4 Å². The van der Waals surface area contributed by atoms with Gasteiger partial charge in [0.2, 0.25) is 0 Å². The highest BCUT2D eigenvalue weighted by Crippen LogP contribution is 2.43. The third-order valence-electron chi connectivity index (χ3n) is 11.2. The zero-order valence-electron chi connectivity index (χ0n) is 37.7. The Morgan fingerprint density at radius 1 is 0.750 bits per heavy atom. The number of ketones is 1. The number of unbranched alkanes of at least 4 members (excludes halogenated alkanes) is 20. The van der Waals surface area contributed by atoms with E-state index in [-0.39, 0.29) is 56.6 Å². The standard InChI is InChI=1S/C47H86NO11P/c1-3-5-7-8-9-10-11-12-13-14-15-16-17-18-19-20-21-22-27-31-46(52)56-38-41(39-58-60(54,55)57-36-35-48)59-47(53)32-28-24-23-26-30-42-43(45(51)37-44(42)50)34-33-40(49)29-25-6-4-2/h12-13,33-34,40-43,45,49,51H,3-11,14-32,35-39,48H2,1-2H3,(H,54,55)/b13-12-,34-33+/t40-,41+,42+,43+,45+/m0/s1. The quantitative estimate of drug-likeness (QED) is 0.0197. The molecule has 0 bridgehead atoms. The van der Waals surface area contributed by atoms with Crippen molar-refractivity contribution in [3.05, 3.63) is 24.3 Å². The van der Waals surface area contributed by atoms with Gasteiger partial charge in [0.1, 0.15) is 12.4 Å². The second-order valence-corrected chi connectivity index (χ2v) is 18.2. The van der Waals surface area contributed by atoms with Gasteiger partial charge in [-0.25, -0.2) is 4.57 Å². The van der Waals surface area contributed by atoms with Crippen molar-refractivity contribution in [1.29, 1.82) is 0 Å². The number of hydrogen-bond acceptors (Lipinski definition) is 11. The molecule has 1 aliphatic carbocycles. The first-order valence-electron chi connectivity index (χ1n) is 23.9. The highest BCUT2D eigenvalue weighted by atomic mass is 31.2. The van der Waals surface area contributed by atoms with Gasteiger partial charge in [-0.05, 0) is 51.4 Å². The molecule has 0 aromatic heterocycles. The molecule has 350 valence electrons. The molecule has 0 radical (unpaired) electrons. The predicted molar refractivity (Wildman–Crippen MR) is 239 cm³/mol. The van der Waals surface area contributed by atoms with Crippen molar-refractivity contribution < 1.29 is 52.6 Å². The summed E-state index contributed by atoms with van der Waals surface area (Å²) >= 11 is 0. The smallest absolute Gasteiger partial charge is 0.462 e. The fourth-order valence-electron chi connectivity index (χ4n) is 7.58. The molecule has 60 heavy (non-hydrogen) atoms. The van der Waals surface area contributed by atoms with Gasteiger partial charge in [0.05, 0.1) is 25.4 Å². The van der Waals surface area contributed by atoms with Gasteiger partial charge in [0.15, 0.2) is 6.10 Å². The maximum atomic E-state index is 12.7. The first-order valence-corrected chi connectivity index (χ1v) is 25.4. The zero-order chi connectivity index (χ0) is 44.1. The highest BCUT2D eigenvalue weighted by Gasteiger charge is 2.39. The van der Waals surface area contributed by atoms with E-state index < -0.39 is 44.7 Å². The molecule has 0 spiro atoms. The number of esters is 2. The second kappa shape index (κ2) is 37.6. The van der Waals surface area contributed by atoms with E-state index in [0.29, 0.717) is 32.1 Å². The molecule has 1 aliphatic rings. The van der Waals surface area contributed by atoms with Crippen LogP contribution in [0.2, 0.25) is 0 Å². The Bertz CT molecular complexity index is 1200. The fraction of sp³-hybridized carbons (Fsp3) is 0.851. The summed E-state index contributed by atoms with van der Waals surface area (Å²) in [5, 5.41) is 20.7. The van der Waals surface area contributed by atoms with Crippen LogP contribution in [0, 0.1) is 11.8 Å². The zero-order valence-corrected chi connectivity index (χ0v) is 38.6. The molecule has 5 N–H and O–H groups in total. The number of ether oxygens (including phenoxy) is 2. The number of rotatable bonds is 41. The number of nitrogens with two attached hydrogens (primary N) is 1. The van der Waals surface area contributed by atoms with Crippen molar-refractivity contribution in [1.82, 2.24) is 0 Å². The van der Waals surface area contributed by atoms with Crippen LogP contribution in [-0.4, -0.2) is 77.5 Å². The van der Waals surface area contributed by atoms with E-state index >= 15 is 0 Å². The van der Waals surface area contributed by atoms with Crippen molar-refractivity contribution in [2.24, 2.45) is 17.6 Å². The number of phosphoric acid groups is 1. The Kier molecular flexibility index (Phi) is 35.2. The van der Waals surface area contributed by atoms with Gasteiger partial charge in [-0.15, -0.1) is 0 Å². The number of allylic oxidation sites excluding steroid dienone is 2. The summed E-state index contributed by atoms with van der Waals surface area (Å²) in [7, 11) is -4.45. The van der Waals surface area contributed by atoms with Gasteiger partial charge < -0.3 is 30.3 Å². The molecule has 0 aromatic carbocycles. The van der Waals surface area contributed by atoms with Crippen LogP contribution in [0.15, 0.2) is 24.3 Å². The average Bonchev–Trinajstić information content (AvgIpc) is 3.49. The molecule has 12 nitrogen and oxygen atoms in total. The molecule has 1 saturated carbocycles. The Morgan fingerprint density at radius 3 is 1.88 bits per heavy atom. The van der Waals surface area contributed by atoms with Crippen molar-refractivity contribution in [3.8, 4) is 0 Å². The lowest BCUT2D eigenvalue weighted by molar-refractivity contribution is -0.161. The first kappa shape index (κ1) is 56.1. The van der Waals surface area contributed by atoms with E-state index in [1.807, 2.05) is 6.08 Å². The number of Topliss-reactive ketones (excluding diaryl/α,β-unsaturated/α-hetero) is 1. The number of aliphatic hydroxyl groups is 2. The molecule has 1 rings (SSSR count). The molecule has 1 unspecified atom stereocenters. The number of hydrogen-bond donors (Lipinski definition) is 4. The Balaban J connectivity index is 2.31. The van der Waals surface area contributed by atoms with Crippen LogP contribution in [0.4, 0.5) is 0 Å². The number of carbonyl (C=O) groups excluding carboxylic acids is 3. The minimum atomic E-state index is -4.45. The molecular weight excluding hydrogens is 785 g/mol. The van der Waals surface area contributed by atoms with Crippen LogP contribution in [0.5, 0.6) is 0 Å². The Labute approximate surface area is 363 Å². The van der Waals surface area contributed by atoms with Gasteiger partial charge >= 0.3 is 19.8 Å². The third kappa shape index (κ3) is 31.0. The van der Waals surface area contributed by atoms with E-state index in [1.54, 1.807) is 6.08 Å². The van der Waals surface area contributed by atoms with Gasteiger partial charge in [-0.1, -0.05) is 154 Å².